The van der Waals surface area contributed by atoms with Crippen molar-refractivity contribution in [1.29, 1.82) is 0 Å². The Kier molecular flexibility index (Phi) is 4.36. The van der Waals surface area contributed by atoms with Crippen LogP contribution in [-0.2, 0) is 4.79 Å². The maximum atomic E-state index is 10.8. The molecule has 0 saturated carbocycles. The van der Waals surface area contributed by atoms with Crippen molar-refractivity contribution in [2.24, 2.45) is 0 Å². The van der Waals surface area contributed by atoms with Crippen LogP contribution in [0, 0.1) is 17.0 Å². The SMILES string of the molecule is CC(=CC(=O)O)COc1ccc(C)nc1[N+](=O)[O-]. The number of aryl methyl sites for hydroxylation is 1. The number of carboxylic acid groups (broad SMARTS) is 1. The van der Waals surface area contributed by atoms with Crippen molar-refractivity contribution in [1.82, 2.24) is 4.98 Å². The highest BCUT2D eigenvalue weighted by Crippen LogP contribution is 2.24. The predicted molar refractivity (Wildman–Crippen MR) is 62.5 cm³/mol. The van der Waals surface area contributed by atoms with Crippen molar-refractivity contribution >= 4 is 11.8 Å². The van der Waals surface area contributed by atoms with Gasteiger partial charge in [-0.1, -0.05) is 0 Å². The molecule has 0 aliphatic heterocycles. The van der Waals surface area contributed by atoms with Crippen molar-refractivity contribution in [2.75, 3.05) is 6.61 Å². The van der Waals surface area contributed by atoms with Gasteiger partial charge in [0.2, 0.25) is 5.75 Å². The summed E-state index contributed by atoms with van der Waals surface area (Å²) in [5.41, 5.74) is 0.948. The van der Waals surface area contributed by atoms with Crippen LogP contribution in [0.3, 0.4) is 0 Å². The number of ether oxygens (including phenoxy) is 1. The number of nitrogens with zero attached hydrogens (tertiary/aromatic N) is 2. The van der Waals surface area contributed by atoms with Crippen LogP contribution in [0.25, 0.3) is 0 Å². The van der Waals surface area contributed by atoms with Crippen molar-refractivity contribution in [3.63, 3.8) is 0 Å². The number of aliphatic carboxylic acids is 1. The first-order valence-electron chi connectivity index (χ1n) is 5.05. The molecule has 1 aromatic rings. The first-order chi connectivity index (χ1) is 8.40. The van der Waals surface area contributed by atoms with Gasteiger partial charge in [0.15, 0.2) is 0 Å². The Morgan fingerprint density at radius 1 is 1.61 bits per heavy atom. The van der Waals surface area contributed by atoms with Gasteiger partial charge in [-0.25, -0.2) is 4.79 Å². The number of hydrogen-bond donors (Lipinski definition) is 1. The molecule has 0 radical (unpaired) electrons. The lowest BCUT2D eigenvalue weighted by atomic mass is 10.3. The summed E-state index contributed by atoms with van der Waals surface area (Å²) >= 11 is 0. The molecule has 0 amide bonds. The first kappa shape index (κ1) is 13.6. The third kappa shape index (κ3) is 3.85. The van der Waals surface area contributed by atoms with E-state index in [1.165, 1.54) is 6.07 Å². The third-order valence-corrected chi connectivity index (χ3v) is 1.98. The van der Waals surface area contributed by atoms with E-state index in [1.54, 1.807) is 19.9 Å². The van der Waals surface area contributed by atoms with E-state index in [-0.39, 0.29) is 18.2 Å². The number of pyridine rings is 1. The maximum Gasteiger partial charge on any atom is 0.406 e. The van der Waals surface area contributed by atoms with E-state index in [2.05, 4.69) is 4.98 Å². The largest absolute Gasteiger partial charge is 0.481 e. The van der Waals surface area contributed by atoms with Crippen LogP contribution in [0.1, 0.15) is 12.6 Å². The second kappa shape index (κ2) is 5.76. The summed E-state index contributed by atoms with van der Waals surface area (Å²) in [6.45, 7) is 3.14. The van der Waals surface area contributed by atoms with E-state index in [9.17, 15) is 14.9 Å². The van der Waals surface area contributed by atoms with Gasteiger partial charge in [-0.15, -0.1) is 0 Å². The molecule has 18 heavy (non-hydrogen) atoms. The average molecular weight is 252 g/mol. The van der Waals surface area contributed by atoms with Crippen molar-refractivity contribution in [2.45, 2.75) is 13.8 Å². The molecule has 7 nitrogen and oxygen atoms in total. The normalized spacial score (nSPS) is 11.1. The molecule has 7 heteroatoms. The molecular formula is C11H12N2O5. The molecule has 0 spiro atoms. The van der Waals surface area contributed by atoms with Gasteiger partial charge < -0.3 is 20.0 Å². The summed E-state index contributed by atoms with van der Waals surface area (Å²) in [6, 6.07) is 3.02. The third-order valence-electron chi connectivity index (χ3n) is 1.98. The van der Waals surface area contributed by atoms with Gasteiger partial charge in [-0.05, 0) is 34.5 Å². The van der Waals surface area contributed by atoms with Crippen LogP contribution in [0.4, 0.5) is 5.82 Å². The molecule has 0 bridgehead atoms. The Morgan fingerprint density at radius 3 is 2.83 bits per heavy atom. The monoisotopic (exact) mass is 252 g/mol. The van der Waals surface area contributed by atoms with Gasteiger partial charge in [-0.3, -0.25) is 0 Å². The molecule has 96 valence electrons. The zero-order valence-corrected chi connectivity index (χ0v) is 9.91. The van der Waals surface area contributed by atoms with Gasteiger partial charge >= 0.3 is 11.8 Å². The molecule has 1 aromatic heterocycles. The smallest absolute Gasteiger partial charge is 0.406 e. The van der Waals surface area contributed by atoms with Crippen LogP contribution < -0.4 is 4.74 Å². The van der Waals surface area contributed by atoms with E-state index in [1.807, 2.05) is 0 Å². The molecule has 1 rings (SSSR count). The summed E-state index contributed by atoms with van der Waals surface area (Å²) in [5.74, 6) is -1.45. The summed E-state index contributed by atoms with van der Waals surface area (Å²) in [4.78, 5) is 24.3. The lowest BCUT2D eigenvalue weighted by Gasteiger charge is -2.06. The summed E-state index contributed by atoms with van der Waals surface area (Å²) in [6.07, 6.45) is 0.980. The van der Waals surface area contributed by atoms with E-state index in [0.717, 1.165) is 6.08 Å². The van der Waals surface area contributed by atoms with Crippen LogP contribution in [0.5, 0.6) is 5.75 Å². The van der Waals surface area contributed by atoms with Crippen molar-refractivity contribution in [3.8, 4) is 5.75 Å². The molecule has 1 N–H and O–H groups in total. The van der Waals surface area contributed by atoms with Crippen LogP contribution in [-0.4, -0.2) is 27.6 Å². The molecule has 0 unspecified atom stereocenters. The van der Waals surface area contributed by atoms with Gasteiger partial charge in [0.25, 0.3) is 0 Å². The fourth-order valence-corrected chi connectivity index (χ4v) is 1.22. The highest BCUT2D eigenvalue weighted by molar-refractivity contribution is 5.80. The highest BCUT2D eigenvalue weighted by Gasteiger charge is 2.17. The average Bonchev–Trinajstić information content (AvgIpc) is 2.26. The molecule has 0 atom stereocenters. The van der Waals surface area contributed by atoms with Gasteiger partial charge in [0.1, 0.15) is 12.3 Å². The number of rotatable bonds is 5. The maximum absolute atomic E-state index is 10.8. The quantitative estimate of drug-likeness (QED) is 0.486. The minimum atomic E-state index is -1.09. The minimum Gasteiger partial charge on any atom is -0.481 e. The number of aromatic nitrogens is 1. The van der Waals surface area contributed by atoms with Gasteiger partial charge in [-0.2, -0.15) is 0 Å². The Labute approximate surface area is 103 Å². The van der Waals surface area contributed by atoms with E-state index in [0.29, 0.717) is 11.3 Å². The van der Waals surface area contributed by atoms with E-state index < -0.39 is 10.9 Å². The minimum absolute atomic E-state index is 0.0174. The summed E-state index contributed by atoms with van der Waals surface area (Å²) in [7, 11) is 0. The van der Waals surface area contributed by atoms with E-state index >= 15 is 0 Å². The fourth-order valence-electron chi connectivity index (χ4n) is 1.22. The van der Waals surface area contributed by atoms with Crippen LogP contribution in [0.2, 0.25) is 0 Å². The standard InChI is InChI=1S/C11H12N2O5/c1-7(5-10(14)15)6-18-9-4-3-8(2)12-11(9)13(16)17/h3-5H,6H2,1-2H3,(H,14,15). The lowest BCUT2D eigenvalue weighted by Crippen LogP contribution is -2.05. The number of carboxylic acids is 1. The number of carbonyl (C=O) groups is 1. The lowest BCUT2D eigenvalue weighted by molar-refractivity contribution is -0.390. The second-order valence-corrected chi connectivity index (χ2v) is 3.65. The fraction of sp³-hybridized carbons (Fsp3) is 0.273. The Hall–Kier alpha value is -2.44. The Balaban J connectivity index is 2.85. The predicted octanol–water partition coefficient (Wildman–Crippen LogP) is 1.71. The van der Waals surface area contributed by atoms with Gasteiger partial charge in [0.05, 0.1) is 0 Å². The summed E-state index contributed by atoms with van der Waals surface area (Å²) < 4.78 is 5.18. The van der Waals surface area contributed by atoms with Gasteiger partial charge in [0, 0.05) is 13.0 Å². The molecule has 0 aliphatic carbocycles. The molecule has 0 fully saturated rings. The zero-order valence-electron chi connectivity index (χ0n) is 9.91. The zero-order chi connectivity index (χ0) is 13.7. The molecule has 1 heterocycles. The molecule has 0 saturated heterocycles. The van der Waals surface area contributed by atoms with E-state index in [4.69, 9.17) is 9.84 Å². The number of nitro groups is 1. The van der Waals surface area contributed by atoms with Crippen molar-refractivity contribution in [3.05, 3.63) is 39.6 Å². The highest BCUT2D eigenvalue weighted by atomic mass is 16.6. The second-order valence-electron chi connectivity index (χ2n) is 3.65. The van der Waals surface area contributed by atoms with Crippen LogP contribution >= 0.6 is 0 Å². The van der Waals surface area contributed by atoms with Crippen molar-refractivity contribution < 1.29 is 19.6 Å². The molecular weight excluding hydrogens is 240 g/mol. The summed E-state index contributed by atoms with van der Waals surface area (Å²) in [5, 5.41) is 19.3. The number of hydrogen-bond acceptors (Lipinski definition) is 5. The molecule has 0 aromatic carbocycles. The topological polar surface area (TPSA) is 103 Å². The first-order valence-corrected chi connectivity index (χ1v) is 5.05. The Morgan fingerprint density at radius 2 is 2.28 bits per heavy atom. The Bertz CT molecular complexity index is 510. The molecule has 0 aliphatic rings. The van der Waals surface area contributed by atoms with Crippen LogP contribution in [0.15, 0.2) is 23.8 Å².